The van der Waals surface area contributed by atoms with E-state index < -0.39 is 0 Å². The summed E-state index contributed by atoms with van der Waals surface area (Å²) in [5.74, 6) is 1.04. The van der Waals surface area contributed by atoms with Crippen LogP contribution in [0.2, 0.25) is 0 Å². The maximum atomic E-state index is 12.6. The van der Waals surface area contributed by atoms with Crippen LogP contribution in [0, 0.1) is 0 Å². The summed E-state index contributed by atoms with van der Waals surface area (Å²) in [5.41, 5.74) is 1.24. The topological polar surface area (TPSA) is 70.2 Å². The molecule has 156 valence electrons. The van der Waals surface area contributed by atoms with E-state index in [1.807, 2.05) is 24.3 Å². The summed E-state index contributed by atoms with van der Waals surface area (Å²) in [6, 6.07) is 7.85. The van der Waals surface area contributed by atoms with Crippen LogP contribution < -0.4 is 4.74 Å². The van der Waals surface area contributed by atoms with Gasteiger partial charge in [-0.05, 0) is 49.3 Å². The number of ether oxygens (including phenoxy) is 1. The predicted octanol–water partition coefficient (Wildman–Crippen LogP) is 2.61. The van der Waals surface area contributed by atoms with Crippen molar-refractivity contribution in [1.82, 2.24) is 14.7 Å². The van der Waals surface area contributed by atoms with Gasteiger partial charge in [0.15, 0.2) is 6.61 Å². The molecular formula is C22H29N3O4. The second-order valence-corrected chi connectivity index (χ2v) is 8.53. The Bertz CT molecular complexity index is 780. The van der Waals surface area contributed by atoms with Gasteiger partial charge in [-0.1, -0.05) is 26.0 Å². The molecule has 0 unspecified atom stereocenters. The number of carbonyl (C=O) groups is 3. The van der Waals surface area contributed by atoms with E-state index in [1.54, 1.807) is 9.80 Å². The molecule has 0 radical (unpaired) electrons. The first-order valence-corrected chi connectivity index (χ1v) is 10.6. The Morgan fingerprint density at radius 3 is 2.28 bits per heavy atom. The summed E-state index contributed by atoms with van der Waals surface area (Å²) >= 11 is 0. The number of piperidine rings is 1. The second-order valence-electron chi connectivity index (χ2n) is 8.53. The molecule has 3 aliphatic rings. The van der Waals surface area contributed by atoms with E-state index in [0.717, 1.165) is 12.8 Å². The standard InChI is InChI=1S/C22H29N3O4/c1-15(2)16-3-7-19(8-4-16)29-14-21(27)23-11-9-17(10-12-23)24-13-20(26)25(22(24)28)18-5-6-18/h3-4,7-8,15,17-18H,5-6,9-14H2,1-2H3. The van der Waals surface area contributed by atoms with Crippen molar-refractivity contribution in [3.63, 3.8) is 0 Å². The van der Waals surface area contributed by atoms with E-state index in [0.29, 0.717) is 37.6 Å². The van der Waals surface area contributed by atoms with Crippen LogP contribution in [0.3, 0.4) is 0 Å². The number of hydrogen-bond acceptors (Lipinski definition) is 4. The van der Waals surface area contributed by atoms with Crippen LogP contribution in [0.5, 0.6) is 5.75 Å². The van der Waals surface area contributed by atoms with Gasteiger partial charge in [0.05, 0.1) is 0 Å². The highest BCUT2D eigenvalue weighted by Crippen LogP contribution is 2.32. The van der Waals surface area contributed by atoms with Crippen LogP contribution in [0.4, 0.5) is 4.79 Å². The number of carbonyl (C=O) groups excluding carboxylic acids is 3. The van der Waals surface area contributed by atoms with Gasteiger partial charge in [-0.2, -0.15) is 0 Å². The van der Waals surface area contributed by atoms with Gasteiger partial charge >= 0.3 is 6.03 Å². The van der Waals surface area contributed by atoms with Gasteiger partial charge in [0, 0.05) is 25.2 Å². The van der Waals surface area contributed by atoms with Gasteiger partial charge in [0.25, 0.3) is 11.8 Å². The van der Waals surface area contributed by atoms with E-state index in [1.165, 1.54) is 10.5 Å². The quantitative estimate of drug-likeness (QED) is 0.690. The normalized spacial score (nSPS) is 20.7. The lowest BCUT2D eigenvalue weighted by molar-refractivity contribution is -0.135. The average Bonchev–Trinajstić information content (AvgIpc) is 3.51. The molecule has 0 N–H and O–H groups in total. The Labute approximate surface area is 171 Å². The lowest BCUT2D eigenvalue weighted by Gasteiger charge is -2.36. The molecule has 2 heterocycles. The first-order chi connectivity index (χ1) is 13.9. The number of hydrogen-bond donors (Lipinski definition) is 0. The lowest BCUT2D eigenvalue weighted by Crippen LogP contribution is -2.49. The van der Waals surface area contributed by atoms with E-state index in [2.05, 4.69) is 13.8 Å². The molecule has 4 rings (SSSR count). The van der Waals surface area contributed by atoms with Crippen molar-refractivity contribution in [2.45, 2.75) is 57.5 Å². The van der Waals surface area contributed by atoms with Gasteiger partial charge in [-0.15, -0.1) is 0 Å². The predicted molar refractivity (Wildman–Crippen MR) is 108 cm³/mol. The molecule has 0 atom stereocenters. The molecule has 29 heavy (non-hydrogen) atoms. The molecule has 1 saturated carbocycles. The third-order valence-corrected chi connectivity index (χ3v) is 6.11. The van der Waals surface area contributed by atoms with Crippen molar-refractivity contribution in [2.75, 3.05) is 26.2 Å². The Balaban J connectivity index is 1.24. The fraction of sp³-hybridized carbons (Fsp3) is 0.591. The van der Waals surface area contributed by atoms with E-state index in [4.69, 9.17) is 4.74 Å². The Kier molecular flexibility index (Phi) is 5.48. The Morgan fingerprint density at radius 2 is 1.69 bits per heavy atom. The molecule has 4 amide bonds. The first-order valence-electron chi connectivity index (χ1n) is 10.6. The summed E-state index contributed by atoms with van der Waals surface area (Å²) in [5, 5.41) is 0. The van der Waals surface area contributed by atoms with Crippen molar-refractivity contribution in [3.05, 3.63) is 29.8 Å². The van der Waals surface area contributed by atoms with Gasteiger partial charge in [-0.25, -0.2) is 4.79 Å². The molecule has 0 spiro atoms. The largest absolute Gasteiger partial charge is 0.484 e. The van der Waals surface area contributed by atoms with Crippen molar-refractivity contribution in [1.29, 1.82) is 0 Å². The fourth-order valence-electron chi connectivity index (χ4n) is 4.12. The van der Waals surface area contributed by atoms with Crippen molar-refractivity contribution < 1.29 is 19.1 Å². The molecule has 1 aliphatic carbocycles. The molecule has 0 aromatic heterocycles. The molecule has 2 saturated heterocycles. The molecule has 7 nitrogen and oxygen atoms in total. The molecular weight excluding hydrogens is 370 g/mol. The number of likely N-dealkylation sites (tertiary alicyclic amines) is 1. The minimum absolute atomic E-state index is 0.0162. The zero-order chi connectivity index (χ0) is 20.5. The summed E-state index contributed by atoms with van der Waals surface area (Å²) < 4.78 is 5.65. The minimum atomic E-state index is -0.143. The first kappa shape index (κ1) is 19.7. The summed E-state index contributed by atoms with van der Waals surface area (Å²) in [6.45, 7) is 5.64. The summed E-state index contributed by atoms with van der Waals surface area (Å²) in [6.07, 6.45) is 3.26. The highest BCUT2D eigenvalue weighted by molar-refractivity contribution is 6.02. The van der Waals surface area contributed by atoms with Gasteiger partial charge in [0.2, 0.25) is 0 Å². The summed E-state index contributed by atoms with van der Waals surface area (Å²) in [7, 11) is 0. The average molecular weight is 399 g/mol. The van der Waals surface area contributed by atoms with Crippen LogP contribution in [-0.2, 0) is 9.59 Å². The van der Waals surface area contributed by atoms with Crippen LogP contribution in [0.1, 0.15) is 51.0 Å². The fourth-order valence-corrected chi connectivity index (χ4v) is 4.12. The third-order valence-electron chi connectivity index (χ3n) is 6.11. The number of imide groups is 1. The molecule has 2 aliphatic heterocycles. The number of urea groups is 1. The SMILES string of the molecule is CC(C)c1ccc(OCC(=O)N2CCC(N3CC(=O)N(C4CC4)C3=O)CC2)cc1. The van der Waals surface area contributed by atoms with Gasteiger partial charge in [0.1, 0.15) is 12.3 Å². The second kappa shape index (κ2) is 8.05. The van der Waals surface area contributed by atoms with Crippen LogP contribution in [0.15, 0.2) is 24.3 Å². The molecule has 7 heteroatoms. The van der Waals surface area contributed by atoms with Gasteiger partial charge in [-0.3, -0.25) is 14.5 Å². The maximum absolute atomic E-state index is 12.6. The lowest BCUT2D eigenvalue weighted by atomic mass is 10.0. The molecule has 1 aromatic carbocycles. The monoisotopic (exact) mass is 399 g/mol. The van der Waals surface area contributed by atoms with Crippen molar-refractivity contribution in [2.24, 2.45) is 0 Å². The van der Waals surface area contributed by atoms with Crippen LogP contribution >= 0.6 is 0 Å². The number of amides is 4. The Hall–Kier alpha value is -2.57. The zero-order valence-corrected chi connectivity index (χ0v) is 17.2. The third kappa shape index (κ3) is 4.23. The summed E-state index contributed by atoms with van der Waals surface area (Å²) in [4.78, 5) is 42.2. The van der Waals surface area contributed by atoms with Crippen LogP contribution in [-0.4, -0.2) is 70.9 Å². The minimum Gasteiger partial charge on any atom is -0.484 e. The van der Waals surface area contributed by atoms with Crippen LogP contribution in [0.25, 0.3) is 0 Å². The maximum Gasteiger partial charge on any atom is 0.327 e. The zero-order valence-electron chi connectivity index (χ0n) is 17.2. The highest BCUT2D eigenvalue weighted by Gasteiger charge is 2.47. The van der Waals surface area contributed by atoms with E-state index in [-0.39, 0.29) is 43.1 Å². The highest BCUT2D eigenvalue weighted by atomic mass is 16.5. The number of benzene rings is 1. The number of nitrogens with zero attached hydrogens (tertiary/aromatic N) is 3. The van der Waals surface area contributed by atoms with Gasteiger partial charge < -0.3 is 14.5 Å². The number of rotatable bonds is 6. The van der Waals surface area contributed by atoms with E-state index >= 15 is 0 Å². The smallest absolute Gasteiger partial charge is 0.327 e. The Morgan fingerprint density at radius 1 is 1.03 bits per heavy atom. The van der Waals surface area contributed by atoms with Crippen molar-refractivity contribution >= 4 is 17.8 Å². The molecule has 1 aromatic rings. The molecule has 3 fully saturated rings. The van der Waals surface area contributed by atoms with E-state index in [9.17, 15) is 14.4 Å². The van der Waals surface area contributed by atoms with Crippen molar-refractivity contribution in [3.8, 4) is 5.75 Å². The molecule has 0 bridgehead atoms.